The quantitative estimate of drug-likeness (QED) is 0.669. The summed E-state index contributed by atoms with van der Waals surface area (Å²) in [4.78, 5) is 16.1. The van der Waals surface area contributed by atoms with Gasteiger partial charge in [0, 0.05) is 6.20 Å². The number of carbonyl (C=O) groups excluding carboxylic acids is 1. The topological polar surface area (TPSA) is 63.6 Å². The molecule has 0 spiro atoms. The molecule has 2 aromatic rings. The predicted molar refractivity (Wildman–Crippen MR) is 76.9 cm³/mol. The normalized spacial score (nSPS) is 10.4. The molecule has 0 fully saturated rings. The first-order valence-electron chi connectivity index (χ1n) is 6.27. The van der Waals surface area contributed by atoms with Crippen molar-refractivity contribution in [1.82, 2.24) is 10.4 Å². The summed E-state index contributed by atoms with van der Waals surface area (Å²) in [5, 5.41) is 3.88. The van der Waals surface area contributed by atoms with Gasteiger partial charge >= 0.3 is 0 Å². The number of ether oxygens (including phenoxy) is 1. The van der Waals surface area contributed by atoms with E-state index in [0.717, 1.165) is 0 Å². The van der Waals surface area contributed by atoms with Gasteiger partial charge in [0.1, 0.15) is 5.75 Å². The molecule has 1 heterocycles. The zero-order valence-corrected chi connectivity index (χ0v) is 11.1. The highest BCUT2D eigenvalue weighted by Gasteiger charge is 2.10. The van der Waals surface area contributed by atoms with Gasteiger partial charge in [0.2, 0.25) is 0 Å². The highest BCUT2D eigenvalue weighted by atomic mass is 16.5. The van der Waals surface area contributed by atoms with E-state index in [1.165, 1.54) is 6.21 Å². The maximum Gasteiger partial charge on any atom is 0.275 e. The molecule has 0 unspecified atom stereocenters. The van der Waals surface area contributed by atoms with Crippen molar-refractivity contribution in [2.45, 2.75) is 6.92 Å². The number of carbonyl (C=O) groups is 1. The maximum atomic E-state index is 12.0. The van der Waals surface area contributed by atoms with Crippen molar-refractivity contribution in [1.29, 1.82) is 0 Å². The summed E-state index contributed by atoms with van der Waals surface area (Å²) in [7, 11) is 0. The van der Waals surface area contributed by atoms with Crippen LogP contribution in [0.25, 0.3) is 0 Å². The molecule has 0 aliphatic carbocycles. The molecule has 1 aromatic heterocycles. The summed E-state index contributed by atoms with van der Waals surface area (Å²) < 4.78 is 5.40. The third-order valence-corrected chi connectivity index (χ3v) is 2.48. The first kappa shape index (κ1) is 13.7. The van der Waals surface area contributed by atoms with Crippen LogP contribution < -0.4 is 10.2 Å². The van der Waals surface area contributed by atoms with Gasteiger partial charge in [0.15, 0.2) is 0 Å². The first-order valence-corrected chi connectivity index (χ1v) is 6.27. The van der Waals surface area contributed by atoms with Gasteiger partial charge in [-0.15, -0.1) is 0 Å². The van der Waals surface area contributed by atoms with Gasteiger partial charge in [0.05, 0.1) is 24.1 Å². The number of benzene rings is 1. The Morgan fingerprint density at radius 2 is 2.10 bits per heavy atom. The summed E-state index contributed by atoms with van der Waals surface area (Å²) in [5.74, 6) is 0.224. The summed E-state index contributed by atoms with van der Waals surface area (Å²) >= 11 is 0. The molecule has 0 aliphatic rings. The van der Waals surface area contributed by atoms with Crippen LogP contribution in [0, 0.1) is 0 Å². The van der Waals surface area contributed by atoms with Crippen molar-refractivity contribution in [2.75, 3.05) is 6.61 Å². The number of hydrazone groups is 1. The second-order valence-electron chi connectivity index (χ2n) is 3.88. The Kier molecular flexibility index (Phi) is 4.83. The Labute approximate surface area is 117 Å². The number of hydrogen-bond acceptors (Lipinski definition) is 4. The molecule has 0 saturated heterocycles. The van der Waals surface area contributed by atoms with E-state index >= 15 is 0 Å². The van der Waals surface area contributed by atoms with Gasteiger partial charge < -0.3 is 4.74 Å². The minimum atomic E-state index is -0.318. The molecule has 0 atom stereocenters. The van der Waals surface area contributed by atoms with E-state index in [4.69, 9.17) is 4.74 Å². The van der Waals surface area contributed by atoms with E-state index in [2.05, 4.69) is 15.5 Å². The molecule has 5 nitrogen and oxygen atoms in total. The first-order chi connectivity index (χ1) is 9.81. The van der Waals surface area contributed by atoms with E-state index in [1.807, 2.05) is 25.1 Å². The van der Waals surface area contributed by atoms with Crippen molar-refractivity contribution in [3.8, 4) is 5.75 Å². The molecule has 1 aromatic carbocycles. The Bertz CT molecular complexity index is 597. The van der Waals surface area contributed by atoms with Crippen molar-refractivity contribution in [3.05, 3.63) is 59.9 Å². The second kappa shape index (κ2) is 7.04. The fourth-order valence-electron chi connectivity index (χ4n) is 1.61. The van der Waals surface area contributed by atoms with Gasteiger partial charge in [-0.3, -0.25) is 9.78 Å². The Hall–Kier alpha value is -2.69. The van der Waals surface area contributed by atoms with Crippen molar-refractivity contribution in [3.63, 3.8) is 0 Å². The van der Waals surface area contributed by atoms with Gasteiger partial charge in [-0.05, 0) is 31.2 Å². The Balaban J connectivity index is 2.04. The van der Waals surface area contributed by atoms with E-state index in [1.54, 1.807) is 30.5 Å². The fraction of sp³-hybridized carbons (Fsp3) is 0.133. The van der Waals surface area contributed by atoms with Crippen LogP contribution in [0.4, 0.5) is 0 Å². The van der Waals surface area contributed by atoms with Crippen LogP contribution in [0.15, 0.2) is 53.8 Å². The van der Waals surface area contributed by atoms with E-state index < -0.39 is 0 Å². The van der Waals surface area contributed by atoms with Crippen LogP contribution in [0.5, 0.6) is 5.75 Å². The number of aromatic nitrogens is 1. The second-order valence-corrected chi connectivity index (χ2v) is 3.88. The third kappa shape index (κ3) is 3.65. The largest absolute Gasteiger partial charge is 0.493 e. The molecule has 0 radical (unpaired) electrons. The average Bonchev–Trinajstić information content (AvgIpc) is 2.49. The van der Waals surface area contributed by atoms with Crippen molar-refractivity contribution in [2.24, 2.45) is 5.10 Å². The highest BCUT2D eigenvalue weighted by Crippen LogP contribution is 2.17. The monoisotopic (exact) mass is 269 g/mol. The Morgan fingerprint density at radius 3 is 2.85 bits per heavy atom. The fourth-order valence-corrected chi connectivity index (χ4v) is 1.61. The number of nitrogens with one attached hydrogen (secondary N) is 1. The van der Waals surface area contributed by atoms with Gasteiger partial charge in [-0.1, -0.05) is 18.2 Å². The molecule has 0 aliphatic heterocycles. The number of para-hydroxylation sites is 1. The third-order valence-electron chi connectivity index (χ3n) is 2.48. The molecule has 5 heteroatoms. The number of pyridine rings is 1. The van der Waals surface area contributed by atoms with E-state index in [9.17, 15) is 4.79 Å². The zero-order valence-electron chi connectivity index (χ0n) is 11.1. The van der Waals surface area contributed by atoms with Crippen LogP contribution in [0.3, 0.4) is 0 Å². The van der Waals surface area contributed by atoms with Crippen molar-refractivity contribution >= 4 is 12.1 Å². The van der Waals surface area contributed by atoms with Gasteiger partial charge in [-0.25, -0.2) is 5.43 Å². The van der Waals surface area contributed by atoms with Crippen LogP contribution in [0.2, 0.25) is 0 Å². The number of nitrogens with zero attached hydrogens (tertiary/aromatic N) is 2. The summed E-state index contributed by atoms with van der Waals surface area (Å²) in [5.41, 5.74) is 3.58. The molecule has 0 saturated carbocycles. The smallest absolute Gasteiger partial charge is 0.275 e. The summed E-state index contributed by atoms with van der Waals surface area (Å²) in [6, 6.07) is 12.5. The molecule has 1 N–H and O–H groups in total. The zero-order chi connectivity index (χ0) is 14.2. The maximum absolute atomic E-state index is 12.0. The average molecular weight is 269 g/mol. The molecule has 2 rings (SSSR count). The lowest BCUT2D eigenvalue weighted by Gasteiger charge is -2.07. The number of rotatable bonds is 5. The minimum Gasteiger partial charge on any atom is -0.493 e. The van der Waals surface area contributed by atoms with E-state index in [-0.39, 0.29) is 5.91 Å². The SMILES string of the molecule is CCOc1ccccc1C(=O)N/N=C/c1ccccn1. The molecule has 20 heavy (non-hydrogen) atoms. The van der Waals surface area contributed by atoms with E-state index in [0.29, 0.717) is 23.6 Å². The summed E-state index contributed by atoms with van der Waals surface area (Å²) in [6.45, 7) is 2.37. The lowest BCUT2D eigenvalue weighted by molar-refractivity contribution is 0.0951. The lowest BCUT2D eigenvalue weighted by atomic mass is 10.2. The molecular weight excluding hydrogens is 254 g/mol. The van der Waals surface area contributed by atoms with Gasteiger partial charge in [0.25, 0.3) is 5.91 Å². The molecule has 0 bridgehead atoms. The van der Waals surface area contributed by atoms with Crippen LogP contribution in [0.1, 0.15) is 23.0 Å². The number of hydrogen-bond donors (Lipinski definition) is 1. The molecular formula is C15H15N3O2. The minimum absolute atomic E-state index is 0.318. The molecule has 102 valence electrons. The van der Waals surface area contributed by atoms with Crippen molar-refractivity contribution < 1.29 is 9.53 Å². The van der Waals surface area contributed by atoms with Crippen LogP contribution in [-0.2, 0) is 0 Å². The Morgan fingerprint density at radius 1 is 1.30 bits per heavy atom. The van der Waals surface area contributed by atoms with Crippen LogP contribution >= 0.6 is 0 Å². The molecule has 1 amide bonds. The standard InChI is InChI=1S/C15H15N3O2/c1-2-20-14-9-4-3-8-13(14)15(19)18-17-11-12-7-5-6-10-16-12/h3-11H,2H2,1H3,(H,18,19)/b17-11+. The van der Waals surface area contributed by atoms with Gasteiger partial charge in [-0.2, -0.15) is 5.10 Å². The summed E-state index contributed by atoms with van der Waals surface area (Å²) in [6.07, 6.45) is 3.15. The highest BCUT2D eigenvalue weighted by molar-refractivity contribution is 5.97. The predicted octanol–water partition coefficient (Wildman–Crippen LogP) is 2.24. The lowest BCUT2D eigenvalue weighted by Crippen LogP contribution is -2.18. The van der Waals surface area contributed by atoms with Crippen LogP contribution in [-0.4, -0.2) is 23.7 Å². The number of amides is 1.